The van der Waals surface area contributed by atoms with E-state index in [0.29, 0.717) is 17.4 Å². The van der Waals surface area contributed by atoms with Gasteiger partial charge in [-0.2, -0.15) is 15.0 Å². The lowest BCUT2D eigenvalue weighted by atomic mass is 9.76. The molecule has 6 heteroatoms. The Labute approximate surface area is 106 Å². The molecule has 3 N–H and O–H groups in total. The number of rotatable bonds is 2. The molecule has 0 aliphatic heterocycles. The summed E-state index contributed by atoms with van der Waals surface area (Å²) < 4.78 is 0. The lowest BCUT2D eigenvalue weighted by Gasteiger charge is -2.34. The molecule has 1 saturated carbocycles. The second-order valence-corrected chi connectivity index (χ2v) is 5.71. The number of hydrogen-bond acceptors (Lipinski definition) is 5. The Morgan fingerprint density at radius 2 is 1.88 bits per heavy atom. The molecule has 0 radical (unpaired) electrons. The summed E-state index contributed by atoms with van der Waals surface area (Å²) in [6, 6.07) is 0.404. The van der Waals surface area contributed by atoms with Gasteiger partial charge in [0.2, 0.25) is 17.2 Å². The lowest BCUT2D eigenvalue weighted by Crippen LogP contribution is -2.30. The van der Waals surface area contributed by atoms with E-state index in [0.717, 1.165) is 12.8 Å². The first kappa shape index (κ1) is 12.4. The van der Waals surface area contributed by atoms with E-state index in [1.807, 2.05) is 0 Å². The highest BCUT2D eigenvalue weighted by atomic mass is 35.5. The van der Waals surface area contributed by atoms with Crippen molar-refractivity contribution in [3.63, 3.8) is 0 Å². The summed E-state index contributed by atoms with van der Waals surface area (Å²) in [6.45, 7) is 4.61. The number of aromatic nitrogens is 3. The second-order valence-electron chi connectivity index (χ2n) is 5.37. The largest absolute Gasteiger partial charge is 0.368 e. The van der Waals surface area contributed by atoms with Crippen LogP contribution in [-0.2, 0) is 0 Å². The van der Waals surface area contributed by atoms with Gasteiger partial charge < -0.3 is 11.1 Å². The van der Waals surface area contributed by atoms with E-state index in [-0.39, 0.29) is 11.2 Å². The van der Waals surface area contributed by atoms with Crippen molar-refractivity contribution in [3.8, 4) is 0 Å². The van der Waals surface area contributed by atoms with E-state index in [2.05, 4.69) is 34.1 Å². The highest BCUT2D eigenvalue weighted by Crippen LogP contribution is 2.35. The van der Waals surface area contributed by atoms with E-state index in [4.69, 9.17) is 17.3 Å². The van der Waals surface area contributed by atoms with Crippen molar-refractivity contribution in [1.29, 1.82) is 0 Å². The minimum atomic E-state index is 0.135. The van der Waals surface area contributed by atoms with Gasteiger partial charge in [-0.25, -0.2) is 0 Å². The average molecular weight is 256 g/mol. The molecule has 1 aromatic heterocycles. The fraction of sp³-hybridized carbons (Fsp3) is 0.727. The topological polar surface area (TPSA) is 76.7 Å². The summed E-state index contributed by atoms with van der Waals surface area (Å²) in [4.78, 5) is 11.8. The van der Waals surface area contributed by atoms with Gasteiger partial charge >= 0.3 is 0 Å². The number of nitrogens with two attached hydrogens (primary N) is 1. The van der Waals surface area contributed by atoms with Crippen molar-refractivity contribution in [2.45, 2.75) is 45.6 Å². The van der Waals surface area contributed by atoms with Crippen LogP contribution in [0.5, 0.6) is 0 Å². The summed E-state index contributed by atoms with van der Waals surface area (Å²) >= 11 is 5.73. The zero-order valence-electron chi connectivity index (χ0n) is 10.2. The van der Waals surface area contributed by atoms with Crippen LogP contribution in [0.15, 0.2) is 0 Å². The van der Waals surface area contributed by atoms with Crippen molar-refractivity contribution in [2.75, 3.05) is 11.1 Å². The maximum absolute atomic E-state index is 5.73. The van der Waals surface area contributed by atoms with Crippen LogP contribution in [-0.4, -0.2) is 21.0 Å². The lowest BCUT2D eigenvalue weighted by molar-refractivity contribution is 0.232. The molecule has 0 unspecified atom stereocenters. The normalized spacial score (nSPS) is 20.2. The van der Waals surface area contributed by atoms with E-state index >= 15 is 0 Å². The van der Waals surface area contributed by atoms with Crippen LogP contribution in [0, 0.1) is 5.41 Å². The van der Waals surface area contributed by atoms with Crippen LogP contribution in [0.4, 0.5) is 11.9 Å². The van der Waals surface area contributed by atoms with Gasteiger partial charge in [0.25, 0.3) is 0 Å². The highest BCUT2D eigenvalue weighted by molar-refractivity contribution is 6.28. The van der Waals surface area contributed by atoms with E-state index in [1.165, 1.54) is 12.8 Å². The molecule has 2 rings (SSSR count). The number of nitrogens with zero attached hydrogens (tertiary/aromatic N) is 3. The quantitative estimate of drug-likeness (QED) is 0.849. The summed E-state index contributed by atoms with van der Waals surface area (Å²) in [5.41, 5.74) is 5.97. The molecule has 0 aromatic carbocycles. The molecule has 17 heavy (non-hydrogen) atoms. The molecule has 1 aromatic rings. The Balaban J connectivity index is 1.97. The molecule has 0 amide bonds. The van der Waals surface area contributed by atoms with Crippen LogP contribution in [0.3, 0.4) is 0 Å². The highest BCUT2D eigenvalue weighted by Gasteiger charge is 2.27. The molecule has 0 bridgehead atoms. The molecule has 5 nitrogen and oxygen atoms in total. The molecule has 1 aliphatic rings. The third-order valence-corrected chi connectivity index (χ3v) is 3.47. The summed E-state index contributed by atoms with van der Waals surface area (Å²) in [6.07, 6.45) is 4.66. The van der Waals surface area contributed by atoms with E-state index in [1.54, 1.807) is 0 Å². The zero-order chi connectivity index (χ0) is 12.5. The van der Waals surface area contributed by atoms with Gasteiger partial charge in [0.1, 0.15) is 0 Å². The minimum absolute atomic E-state index is 0.135. The van der Waals surface area contributed by atoms with E-state index in [9.17, 15) is 0 Å². The molecule has 94 valence electrons. The summed E-state index contributed by atoms with van der Waals surface area (Å²) in [7, 11) is 0. The third-order valence-electron chi connectivity index (χ3n) is 3.30. The van der Waals surface area contributed by atoms with Crippen molar-refractivity contribution in [1.82, 2.24) is 15.0 Å². The second kappa shape index (κ2) is 4.64. The molecule has 0 spiro atoms. The number of nitrogen functional groups attached to an aromatic ring is 1. The summed E-state index contributed by atoms with van der Waals surface area (Å²) in [5, 5.41) is 3.41. The van der Waals surface area contributed by atoms with Crippen LogP contribution in [0.2, 0.25) is 5.28 Å². The predicted molar refractivity (Wildman–Crippen MR) is 68.9 cm³/mol. The van der Waals surface area contributed by atoms with Gasteiger partial charge in [-0.1, -0.05) is 13.8 Å². The fourth-order valence-electron chi connectivity index (χ4n) is 2.16. The number of halogens is 1. The molecule has 0 saturated heterocycles. The molecular weight excluding hydrogens is 238 g/mol. The van der Waals surface area contributed by atoms with Gasteiger partial charge in [0, 0.05) is 6.04 Å². The van der Waals surface area contributed by atoms with Crippen molar-refractivity contribution >= 4 is 23.5 Å². The Bertz CT molecular complexity index is 377. The third kappa shape index (κ3) is 3.43. The van der Waals surface area contributed by atoms with Gasteiger partial charge in [0.15, 0.2) is 0 Å². The van der Waals surface area contributed by atoms with Crippen LogP contribution in [0.1, 0.15) is 39.5 Å². The standard InChI is InChI=1S/C11H18ClN5/c1-11(2)5-3-7(4-6-11)14-10-16-8(12)15-9(13)17-10/h7H,3-6H2,1-2H3,(H3,13,14,15,16,17). The van der Waals surface area contributed by atoms with Gasteiger partial charge in [-0.3, -0.25) is 0 Å². The van der Waals surface area contributed by atoms with Crippen LogP contribution < -0.4 is 11.1 Å². The van der Waals surface area contributed by atoms with E-state index < -0.39 is 0 Å². The monoisotopic (exact) mass is 255 g/mol. The Morgan fingerprint density at radius 3 is 2.47 bits per heavy atom. The molecular formula is C11H18ClN5. The van der Waals surface area contributed by atoms with Gasteiger partial charge in [-0.15, -0.1) is 0 Å². The zero-order valence-corrected chi connectivity index (χ0v) is 11.0. The predicted octanol–water partition coefficient (Wildman–Crippen LogP) is 2.49. The number of hydrogen-bond donors (Lipinski definition) is 2. The number of anilines is 2. The van der Waals surface area contributed by atoms with Crippen molar-refractivity contribution in [2.24, 2.45) is 5.41 Å². The summed E-state index contributed by atoms with van der Waals surface area (Å²) in [5.74, 6) is 0.635. The first-order valence-electron chi connectivity index (χ1n) is 5.88. The Morgan fingerprint density at radius 1 is 1.24 bits per heavy atom. The maximum Gasteiger partial charge on any atom is 0.229 e. The smallest absolute Gasteiger partial charge is 0.229 e. The Kier molecular flexibility index (Phi) is 3.38. The van der Waals surface area contributed by atoms with Gasteiger partial charge in [-0.05, 0) is 42.7 Å². The van der Waals surface area contributed by atoms with Crippen molar-refractivity contribution in [3.05, 3.63) is 5.28 Å². The first-order valence-corrected chi connectivity index (χ1v) is 6.26. The SMILES string of the molecule is CC1(C)CCC(Nc2nc(N)nc(Cl)n2)CC1. The molecule has 0 atom stereocenters. The fourth-order valence-corrected chi connectivity index (χ4v) is 2.32. The van der Waals surface area contributed by atoms with Crippen molar-refractivity contribution < 1.29 is 0 Å². The molecule has 1 heterocycles. The van der Waals surface area contributed by atoms with Crippen LogP contribution >= 0.6 is 11.6 Å². The molecule has 1 fully saturated rings. The van der Waals surface area contributed by atoms with Crippen LogP contribution in [0.25, 0.3) is 0 Å². The first-order chi connectivity index (χ1) is 7.94. The van der Waals surface area contributed by atoms with Gasteiger partial charge in [0.05, 0.1) is 0 Å². The number of nitrogens with one attached hydrogen (secondary N) is 1. The average Bonchev–Trinajstić information content (AvgIpc) is 2.20. The molecule has 1 aliphatic carbocycles. The minimum Gasteiger partial charge on any atom is -0.368 e. The Hall–Kier alpha value is -1.10. The maximum atomic E-state index is 5.73.